The van der Waals surface area contributed by atoms with Crippen LogP contribution < -0.4 is 10.6 Å². The van der Waals surface area contributed by atoms with Crippen LogP contribution in [-0.2, 0) is 20.2 Å². The molecule has 1 aliphatic heterocycles. The van der Waals surface area contributed by atoms with Crippen LogP contribution in [0.25, 0.3) is 0 Å². The number of carbonyl (C=O) groups is 2. The molecule has 2 unspecified atom stereocenters. The fourth-order valence-electron chi connectivity index (χ4n) is 3.95. The number of hydrogen-bond donors (Lipinski definition) is 2. The molecule has 0 spiro atoms. The summed E-state index contributed by atoms with van der Waals surface area (Å²) in [7, 11) is -2.97. The molecule has 2 aromatic heterocycles. The molecule has 0 saturated heterocycles. The molecule has 17 heteroatoms. The van der Waals surface area contributed by atoms with Crippen molar-refractivity contribution in [1.82, 2.24) is 19.6 Å². The maximum absolute atomic E-state index is 15.2. The Bertz CT molecular complexity index is 1610. The van der Waals surface area contributed by atoms with Gasteiger partial charge in [0.1, 0.15) is 56.7 Å². The Labute approximate surface area is 239 Å². The lowest BCUT2D eigenvalue weighted by molar-refractivity contribution is -0.131. The molecule has 0 fully saturated rings. The largest absolute Gasteiger partial charge is 0.444 e. The second-order valence-corrected chi connectivity index (χ2v) is 12.7. The van der Waals surface area contributed by atoms with Crippen LogP contribution >= 0.6 is 0 Å². The van der Waals surface area contributed by atoms with Gasteiger partial charge in [0.05, 0.1) is 11.3 Å². The lowest BCUT2D eigenvalue weighted by Gasteiger charge is -2.39. The monoisotopic (exact) mass is 612 g/mol. The number of carbonyl (C=O) groups excluding carboxylic acids is 2. The van der Waals surface area contributed by atoms with E-state index in [2.05, 4.69) is 30.0 Å². The van der Waals surface area contributed by atoms with Gasteiger partial charge in [-0.3, -0.25) is 10.1 Å². The molecule has 0 saturated carbocycles. The highest BCUT2D eigenvalue weighted by molar-refractivity contribution is 7.92. The zero-order chi connectivity index (χ0) is 31.7. The predicted octanol–water partition coefficient (Wildman–Crippen LogP) is 4.03. The van der Waals surface area contributed by atoms with Crippen molar-refractivity contribution in [3.8, 4) is 6.07 Å². The van der Waals surface area contributed by atoms with Crippen LogP contribution in [-0.4, -0.2) is 67.6 Å². The van der Waals surface area contributed by atoms with Gasteiger partial charge in [-0.05, 0) is 58.4 Å². The Hall–Kier alpha value is -4.33. The highest BCUT2D eigenvalue weighted by Gasteiger charge is 2.47. The van der Waals surface area contributed by atoms with E-state index >= 15 is 4.39 Å². The van der Waals surface area contributed by atoms with E-state index in [1.165, 1.54) is 40.0 Å². The Morgan fingerprint density at radius 2 is 1.93 bits per heavy atom. The number of halogens is 4. The maximum Gasteiger partial charge on any atom is 0.414 e. The average molecular weight is 613 g/mol. The Kier molecular flexibility index (Phi) is 8.82. The first kappa shape index (κ1) is 32.2. The van der Waals surface area contributed by atoms with Crippen molar-refractivity contribution in [2.75, 3.05) is 24.7 Å². The Morgan fingerprint density at radius 1 is 1.26 bits per heavy atom. The van der Waals surface area contributed by atoms with E-state index in [4.69, 9.17) is 10.00 Å². The zero-order valence-electron chi connectivity index (χ0n) is 23.5. The lowest BCUT2D eigenvalue weighted by Crippen LogP contribution is -2.57. The summed E-state index contributed by atoms with van der Waals surface area (Å²) in [4.78, 5) is 37.6. The summed E-state index contributed by atoms with van der Waals surface area (Å²) in [6, 6.07) is 5.41. The topological polar surface area (TPSA) is 162 Å². The molecule has 0 aromatic carbocycles. The molecule has 226 valence electrons. The van der Waals surface area contributed by atoms with E-state index in [0.717, 1.165) is 19.2 Å². The molecule has 2 atom stereocenters. The number of amides is 2. The van der Waals surface area contributed by atoms with Crippen molar-refractivity contribution in [3.63, 3.8) is 0 Å². The summed E-state index contributed by atoms with van der Waals surface area (Å²) in [5.41, 5.74) is -2.90. The molecule has 42 heavy (non-hydrogen) atoms. The third-order valence-corrected chi connectivity index (χ3v) is 8.14. The van der Waals surface area contributed by atoms with Gasteiger partial charge in [0.25, 0.3) is 5.91 Å². The Balaban J connectivity index is 2.10. The predicted molar refractivity (Wildman–Crippen MR) is 144 cm³/mol. The number of alkyl halides is 3. The van der Waals surface area contributed by atoms with Gasteiger partial charge < -0.3 is 10.1 Å². The number of hydrogen-bond acceptors (Lipinski definition) is 9. The van der Waals surface area contributed by atoms with Crippen LogP contribution in [0.1, 0.15) is 55.0 Å². The molecule has 2 N–H and O–H groups in total. The standard InChI is InChI=1S/C25H28F4N8O4S/c1-14-9-15(10-30)11-32-18(14)20(38)34-17-8-7-16(26)19(33-17)24(5)13-42(40,31-6)37(12-25(27,28)29)21(36-24)35-22(39)41-23(2,3)4/h7-9,11H,12-13H2,1-6H3,(H,33,34,38)(H,35,36,39). The van der Waals surface area contributed by atoms with E-state index in [0.29, 0.717) is 9.87 Å². The van der Waals surface area contributed by atoms with Gasteiger partial charge in [-0.25, -0.2) is 37.0 Å². The van der Waals surface area contributed by atoms with Crippen molar-refractivity contribution in [1.29, 1.82) is 5.26 Å². The first-order valence-corrected chi connectivity index (χ1v) is 13.9. The smallest absolute Gasteiger partial charge is 0.414 e. The molecule has 12 nitrogen and oxygen atoms in total. The van der Waals surface area contributed by atoms with Crippen molar-refractivity contribution in [3.05, 3.63) is 52.7 Å². The zero-order valence-corrected chi connectivity index (χ0v) is 24.3. The van der Waals surface area contributed by atoms with Gasteiger partial charge in [0, 0.05) is 13.2 Å². The summed E-state index contributed by atoms with van der Waals surface area (Å²) < 4.78 is 78.7. The molecule has 3 rings (SSSR count). The highest BCUT2D eigenvalue weighted by atomic mass is 32.2. The molecular formula is C25H28F4N8O4S. The number of alkyl carbamates (subject to hydrolysis) is 1. The van der Waals surface area contributed by atoms with E-state index in [1.54, 1.807) is 6.92 Å². The van der Waals surface area contributed by atoms with E-state index in [1.807, 2.05) is 6.07 Å². The summed E-state index contributed by atoms with van der Waals surface area (Å²) in [5, 5.41) is 13.6. The first-order valence-electron chi connectivity index (χ1n) is 12.2. The molecule has 2 amide bonds. The molecule has 0 radical (unpaired) electrons. The number of aliphatic imine (C=N–C) groups is 1. The summed E-state index contributed by atoms with van der Waals surface area (Å²) >= 11 is 0. The van der Waals surface area contributed by atoms with Crippen LogP contribution in [0.5, 0.6) is 0 Å². The molecule has 0 aliphatic carbocycles. The molecule has 1 aliphatic rings. The van der Waals surface area contributed by atoms with Crippen molar-refractivity contribution >= 4 is 33.7 Å². The lowest BCUT2D eigenvalue weighted by atomic mass is 9.99. The number of nitriles is 1. The molecule has 0 bridgehead atoms. The number of ether oxygens (including phenoxy) is 1. The molecule has 3 heterocycles. The number of anilines is 1. The van der Waals surface area contributed by atoms with Gasteiger partial charge in [-0.2, -0.15) is 18.4 Å². The number of pyridine rings is 2. The number of nitrogens with one attached hydrogen (secondary N) is 2. The summed E-state index contributed by atoms with van der Waals surface area (Å²) in [6.45, 7) is 5.57. The van der Waals surface area contributed by atoms with Crippen molar-refractivity contribution in [2.45, 2.75) is 51.9 Å². The van der Waals surface area contributed by atoms with Crippen molar-refractivity contribution in [2.24, 2.45) is 9.36 Å². The molecule has 2 aromatic rings. The SMILES string of the molecule is CN=S1(=O)CC(C)(c2nc(NC(=O)c3ncc(C#N)cc3C)ccc2F)N=C(NC(=O)OC(C)(C)C)N1CC(F)(F)F. The summed E-state index contributed by atoms with van der Waals surface area (Å²) in [6.07, 6.45) is -4.89. The van der Waals surface area contributed by atoms with Gasteiger partial charge >= 0.3 is 12.3 Å². The third kappa shape index (κ3) is 7.49. The van der Waals surface area contributed by atoms with E-state index < -0.39 is 69.0 Å². The van der Waals surface area contributed by atoms with E-state index in [9.17, 15) is 27.0 Å². The fraction of sp³-hybridized carbons (Fsp3) is 0.440. The second-order valence-electron chi connectivity index (χ2n) is 10.4. The number of nitrogens with zero attached hydrogens (tertiary/aromatic N) is 6. The summed E-state index contributed by atoms with van der Waals surface area (Å²) in [5.74, 6) is -3.47. The number of aromatic nitrogens is 2. The minimum atomic E-state index is -4.89. The quantitative estimate of drug-likeness (QED) is 0.493. The van der Waals surface area contributed by atoms with Gasteiger partial charge in [0.2, 0.25) is 5.96 Å². The number of guanidine groups is 1. The van der Waals surface area contributed by atoms with Crippen LogP contribution in [0.2, 0.25) is 0 Å². The second kappa shape index (κ2) is 11.5. The van der Waals surface area contributed by atoms with Gasteiger partial charge in [-0.15, -0.1) is 0 Å². The normalized spacial score (nSPS) is 20.7. The number of rotatable bonds is 4. The van der Waals surface area contributed by atoms with Gasteiger partial charge in [-0.1, -0.05) is 0 Å². The molecular weight excluding hydrogens is 584 g/mol. The van der Waals surface area contributed by atoms with Crippen LogP contribution in [0.15, 0.2) is 33.8 Å². The number of aryl methyl sites for hydroxylation is 1. The Morgan fingerprint density at radius 3 is 2.48 bits per heavy atom. The van der Waals surface area contributed by atoms with Crippen LogP contribution in [0, 0.1) is 24.1 Å². The van der Waals surface area contributed by atoms with Crippen LogP contribution in [0.4, 0.5) is 28.2 Å². The fourth-order valence-corrected chi connectivity index (χ4v) is 6.07. The average Bonchev–Trinajstić information content (AvgIpc) is 2.85. The highest BCUT2D eigenvalue weighted by Crippen LogP contribution is 2.36. The van der Waals surface area contributed by atoms with Crippen molar-refractivity contribution < 1.29 is 36.1 Å². The van der Waals surface area contributed by atoms with E-state index in [-0.39, 0.29) is 17.1 Å². The maximum atomic E-state index is 15.2. The van der Waals surface area contributed by atoms with Crippen LogP contribution in [0.3, 0.4) is 0 Å². The third-order valence-electron chi connectivity index (χ3n) is 5.64. The minimum absolute atomic E-state index is 0.0389. The minimum Gasteiger partial charge on any atom is -0.444 e. The first-order chi connectivity index (χ1) is 19.3. The van der Waals surface area contributed by atoms with Gasteiger partial charge in [0.15, 0.2) is 0 Å².